The average Bonchev–Trinajstić information content (AvgIpc) is 3.07. The average molecular weight is 326 g/mol. The molecule has 1 N–H and O–H groups in total. The number of anilines is 1. The Bertz CT molecular complexity index is 668. The Morgan fingerprint density at radius 3 is 2.13 bits per heavy atom. The zero-order valence-electron chi connectivity index (χ0n) is 11.5. The van der Waals surface area contributed by atoms with Crippen LogP contribution in [0.15, 0.2) is 36.4 Å². The van der Waals surface area contributed by atoms with E-state index in [1.165, 1.54) is 0 Å². The van der Waals surface area contributed by atoms with Crippen LogP contribution in [0.25, 0.3) is 0 Å². The number of hydrogen-bond acceptors (Lipinski definition) is 4. The Hall–Kier alpha value is -2.35. The maximum Gasteiger partial charge on any atom is 0.416 e. The van der Waals surface area contributed by atoms with Gasteiger partial charge in [-0.1, -0.05) is 12.2 Å². The van der Waals surface area contributed by atoms with Gasteiger partial charge in [-0.3, -0.25) is 4.79 Å². The van der Waals surface area contributed by atoms with Crippen molar-refractivity contribution >= 4 is 17.6 Å². The molecule has 0 saturated carbocycles. The number of benzene rings is 1. The highest BCUT2D eigenvalue weighted by Crippen LogP contribution is 2.39. The van der Waals surface area contributed by atoms with Gasteiger partial charge in [0.2, 0.25) is 5.91 Å². The highest BCUT2D eigenvalue weighted by Gasteiger charge is 2.50. The van der Waals surface area contributed by atoms with Crippen LogP contribution in [0, 0.1) is 11.8 Å². The molecule has 0 unspecified atom stereocenters. The van der Waals surface area contributed by atoms with E-state index < -0.39 is 47.7 Å². The summed E-state index contributed by atoms with van der Waals surface area (Å²) >= 11 is 0. The van der Waals surface area contributed by atoms with E-state index in [4.69, 9.17) is 4.74 Å². The fourth-order valence-corrected chi connectivity index (χ4v) is 2.87. The van der Waals surface area contributed by atoms with Crippen molar-refractivity contribution in [3.63, 3.8) is 0 Å². The highest BCUT2D eigenvalue weighted by molar-refractivity contribution is 5.96. The van der Waals surface area contributed by atoms with Crippen molar-refractivity contribution < 1.29 is 32.6 Å². The number of fused-ring (bicyclic) bond motifs is 2. The molecule has 5 nitrogen and oxygen atoms in total. The molecule has 8 heteroatoms. The normalized spacial score (nSPS) is 28.8. The number of hydrogen-bond donors (Lipinski definition) is 1. The van der Waals surface area contributed by atoms with E-state index in [9.17, 15) is 27.9 Å². The lowest BCUT2D eigenvalue weighted by molar-refractivity contribution is -0.313. The predicted octanol–water partition coefficient (Wildman–Crippen LogP) is 0.963. The zero-order chi connectivity index (χ0) is 16.8. The smallest absolute Gasteiger partial charge is 0.416 e. The van der Waals surface area contributed by atoms with Crippen molar-refractivity contribution in [3.8, 4) is 0 Å². The van der Waals surface area contributed by atoms with Crippen LogP contribution >= 0.6 is 0 Å². The summed E-state index contributed by atoms with van der Waals surface area (Å²) in [6.45, 7) is 0. The number of carboxylic acids is 1. The third kappa shape index (κ3) is 2.81. The second-order valence-electron chi connectivity index (χ2n) is 5.39. The molecule has 0 aliphatic carbocycles. The van der Waals surface area contributed by atoms with Gasteiger partial charge in [0.15, 0.2) is 0 Å². The third-order valence-corrected chi connectivity index (χ3v) is 3.95. The third-order valence-electron chi connectivity index (χ3n) is 3.95. The predicted molar refractivity (Wildman–Crippen MR) is 69.9 cm³/mol. The lowest BCUT2D eigenvalue weighted by Crippen LogP contribution is -2.45. The summed E-state index contributed by atoms with van der Waals surface area (Å²) in [6.07, 6.45) is -2.69. The number of rotatable bonds is 3. The van der Waals surface area contributed by atoms with Gasteiger partial charge in [-0.25, -0.2) is 0 Å². The summed E-state index contributed by atoms with van der Waals surface area (Å²) < 4.78 is 42.8. The second kappa shape index (κ2) is 5.38. The van der Waals surface area contributed by atoms with Crippen LogP contribution in [0.4, 0.5) is 18.9 Å². The summed E-state index contributed by atoms with van der Waals surface area (Å²) in [6, 6.07) is 3.89. The molecule has 23 heavy (non-hydrogen) atoms. The summed E-state index contributed by atoms with van der Waals surface area (Å²) in [5.41, 5.74) is -0.693. The van der Waals surface area contributed by atoms with Crippen LogP contribution in [0.2, 0.25) is 0 Å². The second-order valence-corrected chi connectivity index (χ2v) is 5.39. The van der Waals surface area contributed by atoms with E-state index >= 15 is 0 Å². The number of aliphatic carboxylic acids is 1. The van der Waals surface area contributed by atoms with Crippen LogP contribution in [-0.2, 0) is 20.5 Å². The first kappa shape index (κ1) is 15.5. The van der Waals surface area contributed by atoms with Crippen LogP contribution in [-0.4, -0.2) is 24.1 Å². The van der Waals surface area contributed by atoms with E-state index in [1.54, 1.807) is 12.2 Å². The van der Waals surface area contributed by atoms with Crippen molar-refractivity contribution in [3.05, 3.63) is 42.0 Å². The molecule has 0 radical (unpaired) electrons. The molecule has 122 valence electrons. The number of carbonyl (C=O) groups is 2. The summed E-state index contributed by atoms with van der Waals surface area (Å²) in [7, 11) is 0. The maximum absolute atomic E-state index is 12.5. The van der Waals surface area contributed by atoms with Gasteiger partial charge < -0.3 is 20.0 Å². The van der Waals surface area contributed by atoms with Gasteiger partial charge in [-0.2, -0.15) is 13.2 Å². The van der Waals surface area contributed by atoms with E-state index in [-0.39, 0.29) is 5.69 Å². The Kier molecular flexibility index (Phi) is 3.63. The molecule has 4 atom stereocenters. The molecule has 2 aliphatic rings. The van der Waals surface area contributed by atoms with Crippen LogP contribution < -0.4 is 10.4 Å². The minimum absolute atomic E-state index is 0.145. The maximum atomic E-state index is 12.5. The molecule has 1 fully saturated rings. The van der Waals surface area contributed by atoms with E-state index in [0.29, 0.717) is 0 Å². The Morgan fingerprint density at radius 2 is 1.61 bits per heavy atom. The Labute approximate surface area is 128 Å². The van der Waals surface area contributed by atoms with E-state index in [0.717, 1.165) is 24.3 Å². The summed E-state index contributed by atoms with van der Waals surface area (Å²) in [5.74, 6) is -4.11. The van der Waals surface area contributed by atoms with Crippen LogP contribution in [0.1, 0.15) is 5.56 Å². The highest BCUT2D eigenvalue weighted by atomic mass is 19.4. The molecule has 0 spiro atoms. The summed E-state index contributed by atoms with van der Waals surface area (Å²) in [4.78, 5) is 23.4. The lowest BCUT2D eigenvalue weighted by Gasteiger charge is -2.25. The van der Waals surface area contributed by atoms with Crippen molar-refractivity contribution in [2.45, 2.75) is 18.4 Å². The SMILES string of the molecule is O=C([O-])[C@@H]1[C@H](C(=O)Nc2ccc(C(F)(F)F)cc2)[C@@H]2C=C[C@H]1O2. The molecule has 1 amide bonds. The standard InChI is InChI=1S/C15H12F3NO4/c16-15(17,18)7-1-3-8(4-2-7)19-13(20)11-9-5-6-10(23-9)12(11)14(21)22/h1-6,9-12H,(H,19,20)(H,21,22)/p-1/t9-,10+,11+,12-/m0/s1. The van der Waals surface area contributed by atoms with Gasteiger partial charge >= 0.3 is 6.18 Å². The number of amides is 1. The molecular weight excluding hydrogens is 315 g/mol. The number of nitrogens with one attached hydrogen (secondary N) is 1. The molecule has 2 aliphatic heterocycles. The molecule has 2 bridgehead atoms. The molecular formula is C15H11F3NO4-. The molecule has 1 aromatic rings. The van der Waals surface area contributed by atoms with Gasteiger partial charge in [0, 0.05) is 17.6 Å². The minimum atomic E-state index is -4.47. The first-order valence-corrected chi connectivity index (χ1v) is 6.80. The largest absolute Gasteiger partial charge is 0.550 e. The number of carbonyl (C=O) groups excluding carboxylic acids is 2. The van der Waals surface area contributed by atoms with Crippen molar-refractivity contribution in [2.75, 3.05) is 5.32 Å². The number of ether oxygens (including phenoxy) is 1. The van der Waals surface area contributed by atoms with E-state index in [2.05, 4.69) is 5.32 Å². The van der Waals surface area contributed by atoms with Crippen molar-refractivity contribution in [2.24, 2.45) is 11.8 Å². The Balaban J connectivity index is 1.74. The fraction of sp³-hybridized carbons (Fsp3) is 0.333. The lowest BCUT2D eigenvalue weighted by atomic mass is 9.82. The monoisotopic (exact) mass is 326 g/mol. The van der Waals surface area contributed by atoms with E-state index in [1.807, 2.05) is 0 Å². The van der Waals surface area contributed by atoms with Gasteiger partial charge in [-0.05, 0) is 24.3 Å². The van der Waals surface area contributed by atoms with Gasteiger partial charge in [0.25, 0.3) is 0 Å². The topological polar surface area (TPSA) is 78.5 Å². The molecule has 3 rings (SSSR count). The molecule has 1 saturated heterocycles. The van der Waals surface area contributed by atoms with Gasteiger partial charge in [0.1, 0.15) is 0 Å². The van der Waals surface area contributed by atoms with Crippen LogP contribution in [0.3, 0.4) is 0 Å². The fourth-order valence-electron chi connectivity index (χ4n) is 2.87. The zero-order valence-corrected chi connectivity index (χ0v) is 11.5. The molecule has 0 aromatic heterocycles. The number of halogens is 3. The quantitative estimate of drug-likeness (QED) is 0.840. The summed E-state index contributed by atoms with van der Waals surface area (Å²) in [5, 5.41) is 13.6. The van der Waals surface area contributed by atoms with Crippen LogP contribution in [0.5, 0.6) is 0 Å². The first-order valence-electron chi connectivity index (χ1n) is 6.80. The van der Waals surface area contributed by atoms with Crippen molar-refractivity contribution in [1.82, 2.24) is 0 Å². The first-order chi connectivity index (χ1) is 10.8. The van der Waals surface area contributed by atoms with Gasteiger partial charge in [-0.15, -0.1) is 0 Å². The Morgan fingerprint density at radius 1 is 1.04 bits per heavy atom. The number of carboxylic acid groups (broad SMARTS) is 1. The number of alkyl halides is 3. The van der Waals surface area contributed by atoms with Gasteiger partial charge in [0.05, 0.1) is 23.7 Å². The van der Waals surface area contributed by atoms with Crippen molar-refractivity contribution in [1.29, 1.82) is 0 Å². The molecule has 2 heterocycles. The molecule has 1 aromatic carbocycles. The minimum Gasteiger partial charge on any atom is -0.550 e.